The van der Waals surface area contributed by atoms with Gasteiger partial charge in [0.05, 0.1) is 19.3 Å². The minimum absolute atomic E-state index is 0.0400. The van der Waals surface area contributed by atoms with Crippen LogP contribution in [0.2, 0.25) is 0 Å². The van der Waals surface area contributed by atoms with Crippen LogP contribution in [0, 0.1) is 5.92 Å². The number of methoxy groups -OCH3 is 1. The summed E-state index contributed by atoms with van der Waals surface area (Å²) in [4.78, 5) is 19.2. The summed E-state index contributed by atoms with van der Waals surface area (Å²) in [6, 6.07) is 12.1. The van der Waals surface area contributed by atoms with Crippen LogP contribution in [0.4, 0.5) is 0 Å². The highest BCUT2D eigenvalue weighted by molar-refractivity contribution is 5.76. The number of ether oxygens (including phenoxy) is 1. The lowest BCUT2D eigenvalue weighted by atomic mass is 9.75. The maximum absolute atomic E-state index is 12.7. The molecule has 4 rings (SSSR count). The summed E-state index contributed by atoms with van der Waals surface area (Å²) >= 11 is 0. The molecule has 1 aliphatic heterocycles. The van der Waals surface area contributed by atoms with Gasteiger partial charge in [0.15, 0.2) is 0 Å². The van der Waals surface area contributed by atoms with E-state index in [4.69, 9.17) is 4.74 Å². The van der Waals surface area contributed by atoms with Crippen molar-refractivity contribution in [2.45, 2.75) is 44.5 Å². The Morgan fingerprint density at radius 2 is 1.96 bits per heavy atom. The Hall–Kier alpha value is -2.44. The molecular weight excluding hydrogens is 354 g/mol. The lowest BCUT2D eigenvalue weighted by molar-refractivity contribution is -0.123. The lowest BCUT2D eigenvalue weighted by Crippen LogP contribution is -2.42. The van der Waals surface area contributed by atoms with Crippen LogP contribution in [0.25, 0.3) is 0 Å². The third-order valence-electron chi connectivity index (χ3n) is 5.83. The molecule has 0 unspecified atom stereocenters. The maximum atomic E-state index is 12.7. The van der Waals surface area contributed by atoms with E-state index < -0.39 is 0 Å². The quantitative estimate of drug-likeness (QED) is 0.771. The number of nitrogens with zero attached hydrogens (tertiary/aromatic N) is 2. The van der Waals surface area contributed by atoms with Crippen LogP contribution < -0.4 is 10.1 Å². The third kappa shape index (κ3) is 4.18. The van der Waals surface area contributed by atoms with Gasteiger partial charge in [0, 0.05) is 38.3 Å². The molecule has 0 radical (unpaired) electrons. The van der Waals surface area contributed by atoms with Gasteiger partial charge < -0.3 is 15.2 Å². The monoisotopic (exact) mass is 381 g/mol. The molecule has 2 aliphatic rings. The first-order valence-electron chi connectivity index (χ1n) is 9.89. The third-order valence-corrected chi connectivity index (χ3v) is 5.83. The molecule has 2 heterocycles. The number of hydrogen-bond donors (Lipinski definition) is 2. The Balaban J connectivity index is 1.34. The summed E-state index contributed by atoms with van der Waals surface area (Å²) in [6.45, 7) is 2.55. The molecule has 1 fully saturated rings. The number of carbonyl (C=O) groups excluding carboxylic acids is 1. The summed E-state index contributed by atoms with van der Waals surface area (Å²) in [5, 5.41) is 12.9. The predicted octanol–water partition coefficient (Wildman–Crippen LogP) is 2.42. The van der Waals surface area contributed by atoms with Gasteiger partial charge in [-0.15, -0.1) is 0 Å². The second-order valence-corrected chi connectivity index (χ2v) is 7.79. The number of fused-ring (bicyclic) bond motifs is 1. The molecule has 28 heavy (non-hydrogen) atoms. The molecule has 1 aromatic carbocycles. The van der Waals surface area contributed by atoms with Crippen LogP contribution in [0.5, 0.6) is 5.88 Å². The van der Waals surface area contributed by atoms with Gasteiger partial charge in [-0.25, -0.2) is 4.98 Å². The minimum Gasteiger partial charge on any atom is -0.481 e. The molecule has 0 bridgehead atoms. The van der Waals surface area contributed by atoms with Crippen molar-refractivity contribution in [1.82, 2.24) is 15.2 Å². The van der Waals surface area contributed by atoms with E-state index in [0.717, 1.165) is 25.2 Å². The number of rotatable bonds is 7. The van der Waals surface area contributed by atoms with Crippen LogP contribution in [0.3, 0.4) is 0 Å². The summed E-state index contributed by atoms with van der Waals surface area (Å²) < 4.78 is 5.13. The molecule has 2 N–H and O–H groups in total. The summed E-state index contributed by atoms with van der Waals surface area (Å²) in [5.41, 5.74) is 3.67. The molecule has 0 spiro atoms. The number of hydrogen-bond acceptors (Lipinski definition) is 5. The number of aromatic nitrogens is 1. The van der Waals surface area contributed by atoms with Gasteiger partial charge in [0.2, 0.25) is 11.8 Å². The molecule has 6 nitrogen and oxygen atoms in total. The number of pyridine rings is 1. The number of aliphatic hydroxyl groups is 1. The fourth-order valence-electron chi connectivity index (χ4n) is 4.14. The first-order chi connectivity index (χ1) is 13.6. The van der Waals surface area contributed by atoms with Crippen LogP contribution in [0.15, 0.2) is 42.6 Å². The zero-order valence-corrected chi connectivity index (χ0v) is 16.2. The lowest BCUT2D eigenvalue weighted by Gasteiger charge is -2.38. The number of carbonyl (C=O) groups is 1. The van der Waals surface area contributed by atoms with Gasteiger partial charge in [0.1, 0.15) is 0 Å². The number of benzene rings is 1. The van der Waals surface area contributed by atoms with Gasteiger partial charge in [-0.2, -0.15) is 0 Å². The first-order valence-corrected chi connectivity index (χ1v) is 9.89. The Kier molecular flexibility index (Phi) is 5.59. The van der Waals surface area contributed by atoms with Crippen molar-refractivity contribution in [3.63, 3.8) is 0 Å². The van der Waals surface area contributed by atoms with Crippen molar-refractivity contribution >= 4 is 5.91 Å². The highest BCUT2D eigenvalue weighted by atomic mass is 16.5. The standard InChI is InChI=1S/C22H27N3O3/c1-28-21-7-6-15(12-23-21)22(18-10-19(26)11-18)24-20(27)8-9-25-13-16-4-2-3-5-17(16)14-25/h2-7,12,18-19,22,26H,8-11,13-14H2,1H3,(H,24,27)/t18?,19?,22-/m1/s1. The zero-order valence-electron chi connectivity index (χ0n) is 16.2. The Morgan fingerprint density at radius 1 is 1.25 bits per heavy atom. The second kappa shape index (κ2) is 8.29. The molecular formula is C22H27N3O3. The summed E-state index contributed by atoms with van der Waals surface area (Å²) in [5.74, 6) is 0.833. The van der Waals surface area contributed by atoms with Crippen molar-refractivity contribution in [3.05, 3.63) is 59.3 Å². The Labute approximate surface area is 165 Å². The van der Waals surface area contributed by atoms with Gasteiger partial charge in [-0.05, 0) is 35.4 Å². The molecule has 0 saturated heterocycles. The van der Waals surface area contributed by atoms with Crippen LogP contribution in [-0.2, 0) is 17.9 Å². The maximum Gasteiger partial charge on any atom is 0.221 e. The van der Waals surface area contributed by atoms with E-state index >= 15 is 0 Å². The molecule has 1 aliphatic carbocycles. The molecule has 2 aromatic rings. The van der Waals surface area contributed by atoms with E-state index in [2.05, 4.69) is 39.5 Å². The highest BCUT2D eigenvalue weighted by Crippen LogP contribution is 2.38. The Bertz CT molecular complexity index is 793. The molecule has 1 aromatic heterocycles. The fourth-order valence-corrected chi connectivity index (χ4v) is 4.14. The number of amides is 1. The van der Waals surface area contributed by atoms with Gasteiger partial charge >= 0.3 is 0 Å². The van der Waals surface area contributed by atoms with Crippen molar-refractivity contribution in [2.24, 2.45) is 5.92 Å². The summed E-state index contributed by atoms with van der Waals surface area (Å²) in [7, 11) is 1.58. The van der Waals surface area contributed by atoms with Gasteiger partial charge in [-0.3, -0.25) is 9.69 Å². The number of aliphatic hydroxyl groups excluding tert-OH is 1. The smallest absolute Gasteiger partial charge is 0.221 e. The Morgan fingerprint density at radius 3 is 2.54 bits per heavy atom. The topological polar surface area (TPSA) is 74.7 Å². The molecule has 1 amide bonds. The van der Waals surface area contributed by atoms with E-state index in [1.807, 2.05) is 12.1 Å². The SMILES string of the molecule is COc1ccc([C@@H](NC(=O)CCN2Cc3ccccc3C2)C2CC(O)C2)cn1. The predicted molar refractivity (Wildman–Crippen MR) is 106 cm³/mol. The van der Waals surface area contributed by atoms with Crippen LogP contribution in [0.1, 0.15) is 42.0 Å². The molecule has 1 atom stereocenters. The average Bonchev–Trinajstić information content (AvgIpc) is 3.11. The van der Waals surface area contributed by atoms with Crippen LogP contribution in [-0.4, -0.2) is 40.7 Å². The van der Waals surface area contributed by atoms with Crippen molar-refractivity contribution in [1.29, 1.82) is 0 Å². The normalized spacial score (nSPS) is 22.2. The van der Waals surface area contributed by atoms with E-state index in [-0.39, 0.29) is 24.0 Å². The van der Waals surface area contributed by atoms with Crippen molar-refractivity contribution < 1.29 is 14.6 Å². The van der Waals surface area contributed by atoms with Gasteiger partial charge in [-0.1, -0.05) is 30.3 Å². The molecule has 148 valence electrons. The highest BCUT2D eigenvalue weighted by Gasteiger charge is 2.36. The zero-order chi connectivity index (χ0) is 19.5. The van der Waals surface area contributed by atoms with E-state index in [9.17, 15) is 9.90 Å². The average molecular weight is 381 g/mol. The van der Waals surface area contributed by atoms with Crippen molar-refractivity contribution in [2.75, 3.05) is 13.7 Å². The van der Waals surface area contributed by atoms with E-state index in [1.54, 1.807) is 13.3 Å². The fraction of sp³-hybridized carbons (Fsp3) is 0.455. The molecule has 6 heteroatoms. The first kappa shape index (κ1) is 18.9. The summed E-state index contributed by atoms with van der Waals surface area (Å²) in [6.07, 6.45) is 3.37. The second-order valence-electron chi connectivity index (χ2n) is 7.79. The van der Waals surface area contributed by atoms with Gasteiger partial charge in [0.25, 0.3) is 0 Å². The van der Waals surface area contributed by atoms with E-state index in [1.165, 1.54) is 11.1 Å². The van der Waals surface area contributed by atoms with Crippen LogP contribution >= 0.6 is 0 Å². The molecule has 1 saturated carbocycles. The number of nitrogens with one attached hydrogen (secondary N) is 1. The minimum atomic E-state index is -0.265. The van der Waals surface area contributed by atoms with Crippen molar-refractivity contribution in [3.8, 4) is 5.88 Å². The van der Waals surface area contributed by atoms with E-state index in [0.29, 0.717) is 25.1 Å². The largest absolute Gasteiger partial charge is 0.481 e.